The van der Waals surface area contributed by atoms with Gasteiger partial charge >= 0.3 is 0 Å². The highest BCUT2D eigenvalue weighted by atomic mass is 16.3. The summed E-state index contributed by atoms with van der Waals surface area (Å²) in [5, 5.41) is 9.73. The van der Waals surface area contributed by atoms with Crippen LogP contribution < -0.4 is 4.90 Å². The van der Waals surface area contributed by atoms with Crippen LogP contribution >= 0.6 is 0 Å². The maximum atomic E-state index is 9.73. The van der Waals surface area contributed by atoms with Gasteiger partial charge in [-0.15, -0.1) is 0 Å². The molecule has 1 aromatic rings. The molecule has 0 amide bonds. The summed E-state index contributed by atoms with van der Waals surface area (Å²) >= 11 is 0. The summed E-state index contributed by atoms with van der Waals surface area (Å²) in [6.45, 7) is 6.14. The first-order valence-electron chi connectivity index (χ1n) is 5.42. The second kappa shape index (κ2) is 4.67. The Morgan fingerprint density at radius 1 is 1.13 bits per heavy atom. The SMILES string of the molecule is CC(C)c1ccc(N(C)C)c(C(C)O)c1. The lowest BCUT2D eigenvalue weighted by Crippen LogP contribution is -2.13. The van der Waals surface area contributed by atoms with Gasteiger partial charge < -0.3 is 10.0 Å². The maximum absolute atomic E-state index is 9.73. The van der Waals surface area contributed by atoms with Crippen molar-refractivity contribution in [1.82, 2.24) is 0 Å². The van der Waals surface area contributed by atoms with Gasteiger partial charge in [0, 0.05) is 25.3 Å². The van der Waals surface area contributed by atoms with Crippen LogP contribution in [0.15, 0.2) is 18.2 Å². The lowest BCUT2D eigenvalue weighted by molar-refractivity contribution is 0.199. The van der Waals surface area contributed by atoms with E-state index in [1.54, 1.807) is 0 Å². The molecular weight excluding hydrogens is 186 g/mol. The van der Waals surface area contributed by atoms with Crippen molar-refractivity contribution < 1.29 is 5.11 Å². The first-order valence-corrected chi connectivity index (χ1v) is 5.42. The van der Waals surface area contributed by atoms with Crippen LogP contribution in [0.2, 0.25) is 0 Å². The average Bonchev–Trinajstić information content (AvgIpc) is 2.16. The van der Waals surface area contributed by atoms with Gasteiger partial charge in [0.15, 0.2) is 0 Å². The van der Waals surface area contributed by atoms with Crippen molar-refractivity contribution in [2.24, 2.45) is 0 Å². The fourth-order valence-electron chi connectivity index (χ4n) is 1.67. The standard InChI is InChI=1S/C13H21NO/c1-9(2)11-6-7-13(14(4)5)12(8-11)10(3)15/h6-10,15H,1-5H3. The summed E-state index contributed by atoms with van der Waals surface area (Å²) in [4.78, 5) is 2.03. The molecule has 1 atom stereocenters. The quantitative estimate of drug-likeness (QED) is 0.823. The van der Waals surface area contributed by atoms with E-state index in [-0.39, 0.29) is 0 Å². The third kappa shape index (κ3) is 2.72. The Labute approximate surface area is 92.5 Å². The van der Waals surface area contributed by atoms with Crippen LogP contribution in [0.3, 0.4) is 0 Å². The number of aliphatic hydroxyl groups excluding tert-OH is 1. The van der Waals surface area contributed by atoms with Crippen LogP contribution in [0.4, 0.5) is 5.69 Å². The molecule has 0 radical (unpaired) electrons. The zero-order valence-electron chi connectivity index (χ0n) is 10.3. The number of rotatable bonds is 3. The van der Waals surface area contributed by atoms with Crippen LogP contribution in [0, 0.1) is 0 Å². The summed E-state index contributed by atoms with van der Waals surface area (Å²) < 4.78 is 0. The van der Waals surface area contributed by atoms with Crippen LogP contribution in [0.1, 0.15) is 43.9 Å². The molecule has 1 aromatic carbocycles. The van der Waals surface area contributed by atoms with E-state index in [4.69, 9.17) is 0 Å². The smallest absolute Gasteiger partial charge is 0.0782 e. The molecule has 0 spiro atoms. The first kappa shape index (κ1) is 12.1. The van der Waals surface area contributed by atoms with Gasteiger partial charge in [-0.2, -0.15) is 0 Å². The molecule has 0 saturated carbocycles. The number of nitrogens with zero attached hydrogens (tertiary/aromatic N) is 1. The number of hydrogen-bond acceptors (Lipinski definition) is 2. The summed E-state index contributed by atoms with van der Waals surface area (Å²) in [6.07, 6.45) is -0.416. The van der Waals surface area contributed by atoms with E-state index in [0.717, 1.165) is 11.3 Å². The summed E-state index contributed by atoms with van der Waals surface area (Å²) in [5.41, 5.74) is 3.37. The van der Waals surface area contributed by atoms with Crippen molar-refractivity contribution in [3.8, 4) is 0 Å². The fraction of sp³-hybridized carbons (Fsp3) is 0.538. The summed E-state index contributed by atoms with van der Waals surface area (Å²) in [6, 6.07) is 6.31. The molecule has 1 N–H and O–H groups in total. The predicted molar refractivity (Wildman–Crippen MR) is 65.5 cm³/mol. The highest BCUT2D eigenvalue weighted by molar-refractivity contribution is 5.55. The molecule has 0 aliphatic rings. The highest BCUT2D eigenvalue weighted by Gasteiger charge is 2.11. The Bertz CT molecular complexity index is 329. The Balaban J connectivity index is 3.21. The molecule has 15 heavy (non-hydrogen) atoms. The molecule has 0 bridgehead atoms. The summed E-state index contributed by atoms with van der Waals surface area (Å²) in [7, 11) is 3.99. The highest BCUT2D eigenvalue weighted by Crippen LogP contribution is 2.28. The lowest BCUT2D eigenvalue weighted by Gasteiger charge is -2.21. The van der Waals surface area contributed by atoms with Gasteiger partial charge in [-0.25, -0.2) is 0 Å². The minimum atomic E-state index is -0.416. The fourth-order valence-corrected chi connectivity index (χ4v) is 1.67. The van der Waals surface area contributed by atoms with E-state index in [2.05, 4.69) is 32.0 Å². The molecule has 2 heteroatoms. The molecule has 0 saturated heterocycles. The average molecular weight is 207 g/mol. The Morgan fingerprint density at radius 3 is 2.13 bits per heavy atom. The summed E-state index contributed by atoms with van der Waals surface area (Å²) in [5.74, 6) is 0.499. The van der Waals surface area contributed by atoms with E-state index in [0.29, 0.717) is 5.92 Å². The van der Waals surface area contributed by atoms with Crippen molar-refractivity contribution in [2.45, 2.75) is 32.8 Å². The number of aliphatic hydroxyl groups is 1. The molecule has 1 unspecified atom stereocenters. The molecule has 0 aliphatic heterocycles. The zero-order valence-corrected chi connectivity index (χ0v) is 10.3. The third-order valence-electron chi connectivity index (χ3n) is 2.65. The second-order valence-electron chi connectivity index (χ2n) is 4.54. The van der Waals surface area contributed by atoms with E-state index >= 15 is 0 Å². The molecule has 0 heterocycles. The molecule has 0 aliphatic carbocycles. The first-order chi connectivity index (χ1) is 6.93. The van der Waals surface area contributed by atoms with Crippen molar-refractivity contribution in [3.63, 3.8) is 0 Å². The van der Waals surface area contributed by atoms with E-state index < -0.39 is 6.10 Å². The van der Waals surface area contributed by atoms with Gasteiger partial charge in [0.05, 0.1) is 6.10 Å². The number of anilines is 1. The molecule has 2 nitrogen and oxygen atoms in total. The van der Waals surface area contributed by atoms with Crippen molar-refractivity contribution >= 4 is 5.69 Å². The van der Waals surface area contributed by atoms with Gasteiger partial charge in [0.1, 0.15) is 0 Å². The van der Waals surface area contributed by atoms with Gasteiger partial charge in [0.2, 0.25) is 0 Å². The minimum Gasteiger partial charge on any atom is -0.389 e. The molecular formula is C13H21NO. The van der Waals surface area contributed by atoms with Gasteiger partial charge in [-0.1, -0.05) is 26.0 Å². The van der Waals surface area contributed by atoms with Crippen LogP contribution in [-0.2, 0) is 0 Å². The topological polar surface area (TPSA) is 23.5 Å². The Morgan fingerprint density at radius 2 is 1.73 bits per heavy atom. The van der Waals surface area contributed by atoms with E-state index in [9.17, 15) is 5.11 Å². The monoisotopic (exact) mass is 207 g/mol. The molecule has 84 valence electrons. The van der Waals surface area contributed by atoms with Crippen LogP contribution in [0.5, 0.6) is 0 Å². The normalized spacial score (nSPS) is 13.0. The zero-order chi connectivity index (χ0) is 11.6. The second-order valence-corrected chi connectivity index (χ2v) is 4.54. The van der Waals surface area contributed by atoms with Crippen LogP contribution in [0.25, 0.3) is 0 Å². The van der Waals surface area contributed by atoms with Gasteiger partial charge in [-0.05, 0) is 24.5 Å². The molecule has 0 fully saturated rings. The Hall–Kier alpha value is -1.02. The van der Waals surface area contributed by atoms with Crippen molar-refractivity contribution in [1.29, 1.82) is 0 Å². The van der Waals surface area contributed by atoms with E-state index in [1.165, 1.54) is 5.56 Å². The largest absolute Gasteiger partial charge is 0.389 e. The maximum Gasteiger partial charge on any atom is 0.0782 e. The van der Waals surface area contributed by atoms with Crippen LogP contribution in [-0.4, -0.2) is 19.2 Å². The number of benzene rings is 1. The third-order valence-corrected chi connectivity index (χ3v) is 2.65. The van der Waals surface area contributed by atoms with Crippen molar-refractivity contribution in [3.05, 3.63) is 29.3 Å². The molecule has 0 aromatic heterocycles. The van der Waals surface area contributed by atoms with Gasteiger partial charge in [-0.3, -0.25) is 0 Å². The Kier molecular flexibility index (Phi) is 3.75. The minimum absolute atomic E-state index is 0.416. The number of hydrogen-bond donors (Lipinski definition) is 1. The van der Waals surface area contributed by atoms with Crippen molar-refractivity contribution in [2.75, 3.05) is 19.0 Å². The van der Waals surface area contributed by atoms with Gasteiger partial charge in [0.25, 0.3) is 0 Å². The van der Waals surface area contributed by atoms with E-state index in [1.807, 2.05) is 25.9 Å². The molecule has 1 rings (SSSR count). The lowest BCUT2D eigenvalue weighted by atomic mass is 9.97. The predicted octanol–water partition coefficient (Wildman–Crippen LogP) is 2.93.